The van der Waals surface area contributed by atoms with Crippen LogP contribution in [0.1, 0.15) is 59.3 Å². The number of fused-ring (bicyclic) bond motifs is 9. The summed E-state index contributed by atoms with van der Waals surface area (Å²) in [5.41, 5.74) is 4.87. The summed E-state index contributed by atoms with van der Waals surface area (Å²) in [5.74, 6) is 0.642. The first-order valence-corrected chi connectivity index (χ1v) is 13.4. The summed E-state index contributed by atoms with van der Waals surface area (Å²) in [6.07, 6.45) is 2.40. The molecule has 0 amide bonds. The number of methoxy groups -OCH3 is 1. The number of hydrogen-bond donors (Lipinski definition) is 1. The topological polar surface area (TPSA) is 131 Å². The molecule has 4 heterocycles. The minimum atomic E-state index is -0.668. The van der Waals surface area contributed by atoms with Gasteiger partial charge in [0.2, 0.25) is 6.79 Å². The number of nitrogens with zero attached hydrogens (tertiary/aromatic N) is 3. The zero-order chi connectivity index (χ0) is 29.3. The Morgan fingerprint density at radius 2 is 1.88 bits per heavy atom. The molecule has 0 spiro atoms. The molecule has 11 heteroatoms. The molecule has 0 aliphatic carbocycles. The number of aromatic hydroxyl groups is 1. The first kappa shape index (κ1) is 26.8. The number of hydrogen-bond acceptors (Lipinski definition) is 11. The molecule has 2 bridgehead atoms. The van der Waals surface area contributed by atoms with Gasteiger partial charge in [0.15, 0.2) is 23.0 Å². The van der Waals surface area contributed by atoms with Crippen LogP contribution < -0.4 is 18.9 Å². The van der Waals surface area contributed by atoms with Gasteiger partial charge in [0.05, 0.1) is 25.3 Å². The van der Waals surface area contributed by atoms with E-state index in [1.807, 2.05) is 31.0 Å². The van der Waals surface area contributed by atoms with Crippen LogP contribution >= 0.6 is 0 Å². The number of aryl methyl sites for hydroxylation is 1. The van der Waals surface area contributed by atoms with Crippen molar-refractivity contribution in [2.24, 2.45) is 0 Å². The van der Waals surface area contributed by atoms with Gasteiger partial charge in [0.1, 0.15) is 18.4 Å². The third-order valence-electron chi connectivity index (χ3n) is 8.50. The van der Waals surface area contributed by atoms with E-state index in [1.54, 1.807) is 6.92 Å². The number of esters is 2. The van der Waals surface area contributed by atoms with Crippen LogP contribution in [0.4, 0.5) is 0 Å². The van der Waals surface area contributed by atoms with Crippen molar-refractivity contribution in [3.63, 3.8) is 0 Å². The van der Waals surface area contributed by atoms with Crippen LogP contribution in [-0.4, -0.2) is 66.5 Å². The van der Waals surface area contributed by atoms with E-state index in [-0.39, 0.29) is 25.2 Å². The maximum atomic E-state index is 12.3. The van der Waals surface area contributed by atoms with E-state index < -0.39 is 30.1 Å². The molecule has 4 aliphatic heterocycles. The van der Waals surface area contributed by atoms with Crippen LogP contribution in [0.3, 0.4) is 0 Å². The normalized spacial score (nSPS) is 23.4. The van der Waals surface area contributed by atoms with Crippen molar-refractivity contribution in [1.29, 1.82) is 5.26 Å². The predicted octanol–water partition coefficient (Wildman–Crippen LogP) is 3.44. The van der Waals surface area contributed by atoms with Crippen molar-refractivity contribution >= 4 is 18.0 Å². The number of carbonyl (C=O) groups is 2. The van der Waals surface area contributed by atoms with Gasteiger partial charge in [0.25, 0.3) is 0 Å². The molecule has 11 nitrogen and oxygen atoms in total. The second kappa shape index (κ2) is 9.59. The van der Waals surface area contributed by atoms with Gasteiger partial charge in [-0.3, -0.25) is 14.5 Å². The SMILES string of the molecule is COc1c(C)cc2c(c1O)[C@@H]1C3=Cc4c(OC(C)=O)c(C)c5c(c4[C@H](COC(C)=O)N3[C@@H](C#N)[C@@H](C2)N1C)OCO5. The summed E-state index contributed by atoms with van der Waals surface area (Å²) < 4.78 is 28.6. The summed E-state index contributed by atoms with van der Waals surface area (Å²) >= 11 is 0. The lowest BCUT2D eigenvalue weighted by Crippen LogP contribution is -2.62. The van der Waals surface area contributed by atoms with Gasteiger partial charge in [-0.15, -0.1) is 0 Å². The Hall–Kier alpha value is -4.43. The second-order valence-electron chi connectivity index (χ2n) is 10.8. The van der Waals surface area contributed by atoms with E-state index in [9.17, 15) is 20.0 Å². The number of carbonyl (C=O) groups excluding carboxylic acids is 2. The van der Waals surface area contributed by atoms with E-state index in [0.29, 0.717) is 57.4 Å². The van der Waals surface area contributed by atoms with Crippen LogP contribution in [-0.2, 0) is 20.7 Å². The van der Waals surface area contributed by atoms with Crippen molar-refractivity contribution in [2.45, 2.75) is 58.3 Å². The molecule has 1 saturated heterocycles. The second-order valence-corrected chi connectivity index (χ2v) is 10.8. The molecule has 0 unspecified atom stereocenters. The van der Waals surface area contributed by atoms with Gasteiger partial charge < -0.3 is 33.7 Å². The fraction of sp³-hybridized carbons (Fsp3) is 0.433. The number of ether oxygens (including phenoxy) is 5. The predicted molar refractivity (Wildman–Crippen MR) is 145 cm³/mol. The monoisotopic (exact) mass is 561 g/mol. The van der Waals surface area contributed by atoms with Crippen LogP contribution in [0.25, 0.3) is 6.08 Å². The molecule has 1 fully saturated rings. The highest BCUT2D eigenvalue weighted by Gasteiger charge is 2.53. The molecule has 4 aliphatic rings. The van der Waals surface area contributed by atoms with Crippen molar-refractivity contribution in [3.05, 3.63) is 45.1 Å². The lowest BCUT2D eigenvalue weighted by molar-refractivity contribution is -0.143. The number of likely N-dealkylation sites (N-methyl/N-ethyl adjacent to an activating group) is 1. The Labute approximate surface area is 237 Å². The van der Waals surface area contributed by atoms with Crippen LogP contribution in [0.15, 0.2) is 11.8 Å². The first-order chi connectivity index (χ1) is 19.6. The van der Waals surface area contributed by atoms with Crippen molar-refractivity contribution in [3.8, 4) is 34.8 Å². The van der Waals surface area contributed by atoms with Gasteiger partial charge in [-0.1, -0.05) is 6.07 Å². The van der Waals surface area contributed by atoms with Crippen LogP contribution in [0.2, 0.25) is 0 Å². The number of benzene rings is 2. The molecule has 0 aromatic heterocycles. The van der Waals surface area contributed by atoms with E-state index in [1.165, 1.54) is 21.0 Å². The fourth-order valence-corrected chi connectivity index (χ4v) is 6.92. The van der Waals surface area contributed by atoms with E-state index in [2.05, 4.69) is 11.0 Å². The van der Waals surface area contributed by atoms with Gasteiger partial charge in [-0.2, -0.15) is 5.26 Å². The molecule has 2 aromatic rings. The Balaban J connectivity index is 1.68. The highest BCUT2D eigenvalue weighted by atomic mass is 16.7. The zero-order valence-electron chi connectivity index (χ0n) is 23.7. The Bertz CT molecular complexity index is 1580. The summed E-state index contributed by atoms with van der Waals surface area (Å²) in [6, 6.07) is 2.47. The molecule has 214 valence electrons. The molecule has 0 radical (unpaired) electrons. The Morgan fingerprint density at radius 1 is 1.15 bits per heavy atom. The molecular formula is C30H31N3O8. The Morgan fingerprint density at radius 3 is 2.54 bits per heavy atom. The zero-order valence-corrected chi connectivity index (χ0v) is 23.7. The number of rotatable bonds is 4. The molecule has 41 heavy (non-hydrogen) atoms. The molecule has 0 saturated carbocycles. The smallest absolute Gasteiger partial charge is 0.308 e. The number of nitriles is 1. The van der Waals surface area contributed by atoms with Gasteiger partial charge in [0, 0.05) is 47.8 Å². The van der Waals surface area contributed by atoms with Gasteiger partial charge in [-0.25, -0.2) is 0 Å². The molecule has 2 aromatic carbocycles. The minimum absolute atomic E-state index is 0.0287. The van der Waals surface area contributed by atoms with E-state index >= 15 is 0 Å². The largest absolute Gasteiger partial charge is 0.504 e. The van der Waals surface area contributed by atoms with E-state index in [0.717, 1.165) is 11.1 Å². The first-order valence-electron chi connectivity index (χ1n) is 13.4. The highest BCUT2D eigenvalue weighted by molar-refractivity contribution is 5.81. The molecular weight excluding hydrogens is 530 g/mol. The third kappa shape index (κ3) is 3.81. The summed E-state index contributed by atoms with van der Waals surface area (Å²) in [6.45, 7) is 6.20. The summed E-state index contributed by atoms with van der Waals surface area (Å²) in [4.78, 5) is 28.4. The Kier molecular flexibility index (Phi) is 6.26. The maximum absolute atomic E-state index is 12.3. The number of piperazine rings is 1. The minimum Gasteiger partial charge on any atom is -0.504 e. The molecule has 1 N–H and O–H groups in total. The molecule has 6 rings (SSSR count). The lowest BCUT2D eigenvalue weighted by atomic mass is 9.75. The quantitative estimate of drug-likeness (QED) is 0.435. The van der Waals surface area contributed by atoms with Crippen molar-refractivity contribution in [2.75, 3.05) is 27.6 Å². The number of phenolic OH excluding ortho intramolecular Hbond substituents is 1. The fourth-order valence-electron chi connectivity index (χ4n) is 6.92. The summed E-state index contributed by atoms with van der Waals surface area (Å²) in [5, 5.41) is 22.1. The third-order valence-corrected chi connectivity index (χ3v) is 8.50. The lowest BCUT2D eigenvalue weighted by Gasteiger charge is -2.57. The standard InChI is InChI=1S/C30H31N3O8/c1-13-7-17-8-19-21(10-31)33-20(25(32(19)5)23(17)26(36)27(13)37-6)9-18-24(22(33)11-38-15(3)34)30-29(39-12-40-30)14(2)28(18)41-16(4)35/h7,9,19,21-22,25,36H,8,11-12H2,1-6H3/t19-,21+,22+,25+/m1/s1. The van der Waals surface area contributed by atoms with Crippen LogP contribution in [0, 0.1) is 25.2 Å². The van der Waals surface area contributed by atoms with Crippen LogP contribution in [0.5, 0.6) is 28.7 Å². The van der Waals surface area contributed by atoms with E-state index in [4.69, 9.17) is 23.7 Å². The molecule has 4 atom stereocenters. The highest BCUT2D eigenvalue weighted by Crippen LogP contribution is 2.59. The van der Waals surface area contributed by atoms with Crippen molar-refractivity contribution in [1.82, 2.24) is 9.80 Å². The average Bonchev–Trinajstić information content (AvgIpc) is 3.40. The van der Waals surface area contributed by atoms with Gasteiger partial charge in [-0.05, 0) is 44.5 Å². The van der Waals surface area contributed by atoms with Crippen molar-refractivity contribution < 1.29 is 38.4 Å². The van der Waals surface area contributed by atoms with Gasteiger partial charge >= 0.3 is 11.9 Å². The average molecular weight is 562 g/mol. The maximum Gasteiger partial charge on any atom is 0.308 e. The number of phenols is 1. The summed E-state index contributed by atoms with van der Waals surface area (Å²) in [7, 11) is 3.45.